The summed E-state index contributed by atoms with van der Waals surface area (Å²) in [5, 5.41) is 7.00. The second-order valence-electron chi connectivity index (χ2n) is 0. The zero-order valence-corrected chi connectivity index (χ0v) is 7.77. The Kier molecular flexibility index (Phi) is 2680. The third-order valence-corrected chi connectivity index (χ3v) is 0. The SMILES string of the molecule is C=O.CO.O.O.[La]. The summed E-state index contributed by atoms with van der Waals surface area (Å²) in [4.78, 5) is 8.00. The molecule has 4 nitrogen and oxygen atoms in total. The molecule has 0 aliphatic heterocycles. The van der Waals surface area contributed by atoms with Crippen molar-refractivity contribution in [3.8, 4) is 0 Å². The molecule has 0 saturated carbocycles. The van der Waals surface area contributed by atoms with Crippen molar-refractivity contribution in [3.05, 3.63) is 0 Å². The number of carbonyl (C=O) groups is 1. The van der Waals surface area contributed by atoms with Crippen molar-refractivity contribution < 1.29 is 56.5 Å². The monoisotopic (exact) mass is 237 g/mol. The van der Waals surface area contributed by atoms with Crippen LogP contribution < -0.4 is 0 Å². The molecule has 0 amide bonds. The quantitative estimate of drug-likeness (QED) is 0.515. The van der Waals surface area contributed by atoms with Crippen LogP contribution in [0.4, 0.5) is 0 Å². The molecule has 1 radical (unpaired) electrons. The summed E-state index contributed by atoms with van der Waals surface area (Å²) in [6.45, 7) is 2.00. The minimum atomic E-state index is 0. The molecule has 7 heavy (non-hydrogen) atoms. The van der Waals surface area contributed by atoms with Crippen LogP contribution in [0.1, 0.15) is 0 Å². The van der Waals surface area contributed by atoms with E-state index in [1.54, 1.807) is 0 Å². The fourth-order valence-corrected chi connectivity index (χ4v) is 0. The normalized spacial score (nSPS) is 1.43. The summed E-state index contributed by atoms with van der Waals surface area (Å²) in [7, 11) is 1.00. The van der Waals surface area contributed by atoms with E-state index in [2.05, 4.69) is 0 Å². The summed E-state index contributed by atoms with van der Waals surface area (Å²) >= 11 is 0. The van der Waals surface area contributed by atoms with Crippen molar-refractivity contribution in [3.63, 3.8) is 0 Å². The van der Waals surface area contributed by atoms with Gasteiger partial charge in [-0.3, -0.25) is 0 Å². The first-order valence-electron chi connectivity index (χ1n) is 0.736. The minimum absolute atomic E-state index is 0. The number of carbonyl (C=O) groups excluding carboxylic acids is 1. The number of aliphatic hydroxyl groups excluding tert-OH is 1. The van der Waals surface area contributed by atoms with Crippen LogP contribution in [-0.4, -0.2) is 30.0 Å². The van der Waals surface area contributed by atoms with Crippen molar-refractivity contribution in [2.45, 2.75) is 0 Å². The van der Waals surface area contributed by atoms with E-state index in [0.29, 0.717) is 0 Å². The van der Waals surface area contributed by atoms with Crippen LogP contribution in [0.2, 0.25) is 0 Å². The maximum Gasteiger partial charge on any atom is 0.106 e. The first-order chi connectivity index (χ1) is 2.00. The number of rotatable bonds is 0. The predicted molar refractivity (Wildman–Crippen MR) is 22.5 cm³/mol. The van der Waals surface area contributed by atoms with E-state index in [1.807, 2.05) is 6.79 Å². The molecule has 45 valence electrons. The maximum absolute atomic E-state index is 8.00. The molecule has 0 fully saturated rings. The van der Waals surface area contributed by atoms with Crippen LogP contribution in [-0.2, 0) is 4.79 Å². The molecule has 0 aromatic rings. The minimum Gasteiger partial charge on any atom is -0.412 e. The van der Waals surface area contributed by atoms with Gasteiger partial charge in [-0.25, -0.2) is 0 Å². The molecule has 0 aromatic heterocycles. The van der Waals surface area contributed by atoms with Crippen molar-refractivity contribution in [1.29, 1.82) is 0 Å². The summed E-state index contributed by atoms with van der Waals surface area (Å²) in [5.41, 5.74) is 0. The Morgan fingerprint density at radius 3 is 1.14 bits per heavy atom. The predicted octanol–water partition coefficient (Wildman–Crippen LogP) is -2.23. The molecule has 0 aliphatic carbocycles. The second kappa shape index (κ2) is 401. The molecule has 0 saturated heterocycles. The van der Waals surface area contributed by atoms with E-state index in [4.69, 9.17) is 9.90 Å². The Balaban J connectivity index is -0.00000000267. The van der Waals surface area contributed by atoms with Crippen LogP contribution in [0.25, 0.3) is 0 Å². The van der Waals surface area contributed by atoms with E-state index < -0.39 is 0 Å². The molecule has 5 heteroatoms. The van der Waals surface area contributed by atoms with Gasteiger partial charge in [-0.15, -0.1) is 0 Å². The fraction of sp³-hybridized carbons (Fsp3) is 0.500. The zero-order chi connectivity index (χ0) is 4.00. The number of aliphatic hydroxyl groups is 1. The van der Waals surface area contributed by atoms with E-state index in [9.17, 15) is 0 Å². The van der Waals surface area contributed by atoms with Gasteiger partial charge in [-0.2, -0.15) is 0 Å². The molecular formula is C2H10LaO4. The average Bonchev–Trinajstić information content (AvgIpc) is 1.50. The van der Waals surface area contributed by atoms with E-state index in [1.165, 1.54) is 0 Å². The van der Waals surface area contributed by atoms with Crippen molar-refractivity contribution in [1.82, 2.24) is 0 Å². The zero-order valence-electron chi connectivity index (χ0n) is 4.14. The summed E-state index contributed by atoms with van der Waals surface area (Å²) in [5.74, 6) is 0. The van der Waals surface area contributed by atoms with E-state index in [-0.39, 0.29) is 46.6 Å². The Labute approximate surface area is 70.1 Å². The molecule has 0 aliphatic rings. The molecule has 0 rings (SSSR count). The summed E-state index contributed by atoms with van der Waals surface area (Å²) < 4.78 is 0. The van der Waals surface area contributed by atoms with Gasteiger partial charge in [0.2, 0.25) is 0 Å². The van der Waals surface area contributed by atoms with Gasteiger partial charge in [0.05, 0.1) is 0 Å². The molecule has 0 bridgehead atoms. The summed E-state index contributed by atoms with van der Waals surface area (Å²) in [6, 6.07) is 0. The Morgan fingerprint density at radius 2 is 1.14 bits per heavy atom. The molecule has 0 aromatic carbocycles. The van der Waals surface area contributed by atoms with Crippen LogP contribution in [0.15, 0.2) is 0 Å². The van der Waals surface area contributed by atoms with Crippen molar-refractivity contribution in [2.75, 3.05) is 7.11 Å². The molecule has 5 N–H and O–H groups in total. The molecule has 0 heterocycles. The standard InChI is InChI=1S/CH4O.CH2O.La.2H2O/c2*1-2;;;/h2H,1H3;1H2;;2*1H2. The van der Waals surface area contributed by atoms with Crippen LogP contribution in [0.5, 0.6) is 0 Å². The first-order valence-corrected chi connectivity index (χ1v) is 0.736. The number of hydrogen-bond acceptors (Lipinski definition) is 2. The second-order valence-corrected chi connectivity index (χ2v) is 0. The van der Waals surface area contributed by atoms with Crippen LogP contribution in [0, 0.1) is 35.6 Å². The molecule has 0 atom stereocenters. The molecular weight excluding hydrogens is 227 g/mol. The maximum atomic E-state index is 8.00. The number of hydrogen-bond donors (Lipinski definition) is 1. The van der Waals surface area contributed by atoms with Gasteiger partial charge >= 0.3 is 0 Å². The Hall–Kier alpha value is 0.745. The molecule has 0 unspecified atom stereocenters. The van der Waals surface area contributed by atoms with Crippen molar-refractivity contribution >= 4 is 6.79 Å². The van der Waals surface area contributed by atoms with Gasteiger partial charge in [0.15, 0.2) is 0 Å². The summed E-state index contributed by atoms with van der Waals surface area (Å²) in [6.07, 6.45) is 0. The van der Waals surface area contributed by atoms with Gasteiger partial charge in [0.25, 0.3) is 0 Å². The van der Waals surface area contributed by atoms with Crippen LogP contribution in [0.3, 0.4) is 0 Å². The van der Waals surface area contributed by atoms with Gasteiger partial charge in [0.1, 0.15) is 6.79 Å². The van der Waals surface area contributed by atoms with Gasteiger partial charge < -0.3 is 20.9 Å². The topological polar surface area (TPSA) is 100 Å². The van der Waals surface area contributed by atoms with Gasteiger partial charge in [0, 0.05) is 42.7 Å². The average molecular weight is 237 g/mol. The third kappa shape index (κ3) is 274. The largest absolute Gasteiger partial charge is 0.412 e. The fourth-order valence-electron chi connectivity index (χ4n) is 0. The van der Waals surface area contributed by atoms with Crippen molar-refractivity contribution in [2.24, 2.45) is 0 Å². The van der Waals surface area contributed by atoms with E-state index >= 15 is 0 Å². The van der Waals surface area contributed by atoms with Gasteiger partial charge in [-0.05, 0) is 0 Å². The smallest absolute Gasteiger partial charge is 0.106 e. The van der Waals surface area contributed by atoms with Crippen LogP contribution >= 0.6 is 0 Å². The first kappa shape index (κ1) is 46.8. The Bertz CT molecular complexity index is 9.65. The third-order valence-electron chi connectivity index (χ3n) is 0. The van der Waals surface area contributed by atoms with Gasteiger partial charge in [-0.1, -0.05) is 0 Å². The Morgan fingerprint density at radius 1 is 1.14 bits per heavy atom. The molecule has 0 spiro atoms. The van der Waals surface area contributed by atoms with E-state index in [0.717, 1.165) is 7.11 Å².